The van der Waals surface area contributed by atoms with E-state index < -0.39 is 15.4 Å². The monoisotopic (exact) mass is 1380 g/mol. The Hall–Kier alpha value is -13.0. The maximum absolute atomic E-state index is 15.5. The smallest absolute Gasteiger partial charge is 0.234 e. The van der Waals surface area contributed by atoms with E-state index in [1.54, 1.807) is 0 Å². The Morgan fingerprint density at radius 3 is 0.905 bits per heavy atom. The van der Waals surface area contributed by atoms with Gasteiger partial charge in [-0.15, -0.1) is 0 Å². The van der Waals surface area contributed by atoms with Gasteiger partial charge < -0.3 is 23.0 Å². The maximum atomic E-state index is 15.5. The molecule has 0 unspecified atom stereocenters. The number of H-pyrrole nitrogens is 1. The summed E-state index contributed by atoms with van der Waals surface area (Å²) in [4.78, 5) is 3.52. The molecule has 16 aromatic carbocycles. The molecular formula is C96H66N6OP2. The maximum Gasteiger partial charge on any atom is 0.234 e. The molecule has 0 aliphatic carbocycles. The molecule has 9 heteroatoms. The van der Waals surface area contributed by atoms with Crippen molar-refractivity contribution in [3.8, 4) is 17.1 Å². The molecule has 496 valence electrons. The molecule has 6 heterocycles. The van der Waals surface area contributed by atoms with E-state index in [9.17, 15) is 0 Å². The van der Waals surface area contributed by atoms with Gasteiger partial charge in [-0.1, -0.05) is 261 Å². The van der Waals surface area contributed by atoms with Gasteiger partial charge in [-0.25, -0.2) is 0 Å². The molecule has 0 atom stereocenters. The number of nitrogens with one attached hydrogen (secondary N) is 1. The highest BCUT2D eigenvalue weighted by Gasteiger charge is 2.33. The number of para-hydroxylation sites is 9. The first-order chi connectivity index (χ1) is 52.0. The lowest BCUT2D eigenvalue weighted by atomic mass is 10.1. The van der Waals surface area contributed by atoms with Gasteiger partial charge >= 0.3 is 0 Å². The summed E-state index contributed by atoms with van der Waals surface area (Å²) in [6, 6.07) is 139. The second-order valence-corrected chi connectivity index (χ2v) is 31.4. The highest BCUT2D eigenvalue weighted by molar-refractivity contribution is 7.77. The standard InChI is InChI=1S/C36H25N2OP.C36H25N2P.C24H16N2/c39-40(27-13-3-1-4-14-27,28-15-5-2-6-16-28)38-35-22-12-9-19-31(35)32-25-26(23-24-36(32)38)37-33-20-10-7-17-29(33)30-18-8-11-21-34(30)37;1-3-13-27(14-4-1)39(28-15-5-2-6-16-28)38-35-22-12-9-19-31(35)32-25-26(23-24-36(32)38)37-33-20-10-7-17-29(33)30-18-8-11-21-34(30)37;1-4-10-21-17(7-1)20-15-16(13-14-22(20)25-21)26-23-11-5-2-8-18(23)19-9-3-6-12-24(19)26/h1-25H;1-25H;1-15,25H. The quantitative estimate of drug-likeness (QED) is 0.144. The molecule has 105 heavy (non-hydrogen) atoms. The van der Waals surface area contributed by atoms with Gasteiger partial charge in [0.25, 0.3) is 0 Å². The Kier molecular flexibility index (Phi) is 15.0. The third-order valence-electron chi connectivity index (χ3n) is 21.0. The Morgan fingerprint density at radius 2 is 0.486 bits per heavy atom. The van der Waals surface area contributed by atoms with E-state index in [2.05, 4.69) is 355 Å². The van der Waals surface area contributed by atoms with E-state index in [1.165, 1.54) is 131 Å². The minimum atomic E-state index is -3.26. The lowest BCUT2D eigenvalue weighted by Crippen LogP contribution is -2.21. The van der Waals surface area contributed by atoms with Crippen molar-refractivity contribution in [2.75, 3.05) is 0 Å². The number of fused-ring (bicyclic) bond motifs is 18. The number of hydrogen-bond donors (Lipinski definition) is 1. The van der Waals surface area contributed by atoms with Crippen molar-refractivity contribution in [1.82, 2.24) is 27.4 Å². The Bertz CT molecular complexity index is 6900. The van der Waals surface area contributed by atoms with Crippen LogP contribution in [0, 0.1) is 0 Å². The van der Waals surface area contributed by atoms with Crippen LogP contribution in [0.25, 0.3) is 148 Å². The summed E-state index contributed by atoms with van der Waals surface area (Å²) in [6.45, 7) is 0. The van der Waals surface area contributed by atoms with Gasteiger partial charge in [0, 0.05) is 114 Å². The summed E-state index contributed by atoms with van der Waals surface area (Å²) in [6.07, 6.45) is 0. The summed E-state index contributed by atoms with van der Waals surface area (Å²) in [5.41, 5.74) is 17.6. The van der Waals surface area contributed by atoms with Gasteiger partial charge in [-0.2, -0.15) is 0 Å². The molecule has 22 aromatic rings. The number of hydrogen-bond acceptors (Lipinski definition) is 1. The normalized spacial score (nSPS) is 11.9. The summed E-state index contributed by atoms with van der Waals surface area (Å²) in [5.74, 6) is 0. The minimum absolute atomic E-state index is 0.810. The molecule has 7 nitrogen and oxygen atoms in total. The van der Waals surface area contributed by atoms with Gasteiger partial charge in [-0.05, 0) is 133 Å². The van der Waals surface area contributed by atoms with Crippen LogP contribution in [-0.4, -0.2) is 27.4 Å². The number of aromatic nitrogens is 6. The number of benzene rings is 16. The average molecular weight is 1380 g/mol. The lowest BCUT2D eigenvalue weighted by Gasteiger charge is -2.23. The van der Waals surface area contributed by atoms with Crippen molar-refractivity contribution in [1.29, 1.82) is 0 Å². The third-order valence-corrected chi connectivity index (χ3v) is 26.4. The van der Waals surface area contributed by atoms with Crippen LogP contribution in [0.4, 0.5) is 0 Å². The number of rotatable bonds is 9. The molecule has 1 N–H and O–H groups in total. The summed E-state index contributed by atoms with van der Waals surface area (Å²) in [5, 5.41) is 19.2. The first-order valence-electron chi connectivity index (χ1n) is 35.7. The van der Waals surface area contributed by atoms with Crippen molar-refractivity contribution in [2.24, 2.45) is 0 Å². The molecule has 0 aliphatic heterocycles. The fourth-order valence-corrected chi connectivity index (χ4v) is 21.7. The van der Waals surface area contributed by atoms with Crippen molar-refractivity contribution in [3.05, 3.63) is 394 Å². The van der Waals surface area contributed by atoms with E-state index in [0.29, 0.717) is 0 Å². The van der Waals surface area contributed by atoms with Gasteiger partial charge in [0.1, 0.15) is 0 Å². The zero-order chi connectivity index (χ0) is 69.5. The molecule has 0 radical (unpaired) electrons. The molecule has 6 aromatic heterocycles. The van der Waals surface area contributed by atoms with E-state index in [0.717, 1.165) is 38.1 Å². The first-order valence-corrected chi connectivity index (χ1v) is 38.6. The minimum Gasteiger partial charge on any atom is -0.355 e. The molecule has 22 rings (SSSR count). The SMILES string of the molecule is O=P(c1ccccc1)(c1ccccc1)n1c2ccccc2c2cc(-n3c4ccccc4c4ccccc43)ccc21.c1ccc(P(c2ccccc2)n2c3ccccc3c3cc(-n4c5ccccc5c5ccccc54)ccc32)cc1.c1ccc2c(c1)[nH]c1ccc(-n3c4ccccc4c4ccccc43)cc12. The first kappa shape index (κ1) is 61.8. The van der Waals surface area contributed by atoms with Crippen LogP contribution in [0.15, 0.2) is 394 Å². The van der Waals surface area contributed by atoms with Crippen molar-refractivity contribution < 1.29 is 4.57 Å². The average Bonchev–Trinajstić information content (AvgIpc) is 1.50. The third kappa shape index (κ3) is 10.1. The predicted molar refractivity (Wildman–Crippen MR) is 447 cm³/mol. The van der Waals surface area contributed by atoms with E-state index in [1.807, 2.05) is 66.7 Å². The molecule has 0 fully saturated rings. The van der Waals surface area contributed by atoms with Gasteiger partial charge in [0.15, 0.2) is 0 Å². The molecule has 0 amide bonds. The highest BCUT2D eigenvalue weighted by atomic mass is 31.2. The van der Waals surface area contributed by atoms with E-state index in [-0.39, 0.29) is 0 Å². The fraction of sp³-hybridized carbons (Fsp3) is 0. The van der Waals surface area contributed by atoms with Crippen molar-refractivity contribution in [3.63, 3.8) is 0 Å². The molecule has 0 saturated heterocycles. The van der Waals surface area contributed by atoms with E-state index >= 15 is 4.57 Å². The molecule has 0 aliphatic rings. The zero-order valence-electron chi connectivity index (χ0n) is 57.1. The van der Waals surface area contributed by atoms with Crippen LogP contribution in [0.3, 0.4) is 0 Å². The zero-order valence-corrected chi connectivity index (χ0v) is 58.9. The van der Waals surface area contributed by atoms with E-state index in [4.69, 9.17) is 0 Å². The van der Waals surface area contributed by atoms with Gasteiger partial charge in [0.2, 0.25) is 7.29 Å². The second-order valence-electron chi connectivity index (χ2n) is 26.8. The van der Waals surface area contributed by atoms with Crippen LogP contribution in [0.2, 0.25) is 0 Å². The van der Waals surface area contributed by atoms with Crippen LogP contribution < -0.4 is 21.2 Å². The van der Waals surface area contributed by atoms with Crippen LogP contribution in [0.1, 0.15) is 0 Å². The summed E-state index contributed by atoms with van der Waals surface area (Å²) >= 11 is 0. The Labute approximate surface area is 606 Å². The predicted octanol–water partition coefficient (Wildman–Crippen LogP) is 23.9. The number of nitrogens with zero attached hydrogens (tertiary/aromatic N) is 5. The van der Waals surface area contributed by atoms with Crippen molar-refractivity contribution >= 4 is 167 Å². The molecular weight excluding hydrogens is 1320 g/mol. The fourth-order valence-electron chi connectivity index (χ4n) is 16.4. The number of aromatic amines is 1. The second kappa shape index (κ2) is 25.5. The molecule has 0 saturated carbocycles. The van der Waals surface area contributed by atoms with Gasteiger partial charge in [-0.3, -0.25) is 8.90 Å². The summed E-state index contributed by atoms with van der Waals surface area (Å²) < 4.78 is 27.3. The van der Waals surface area contributed by atoms with Crippen molar-refractivity contribution in [2.45, 2.75) is 0 Å². The summed E-state index contributed by atoms with van der Waals surface area (Å²) in [7, 11) is -4.07. The van der Waals surface area contributed by atoms with Crippen LogP contribution in [-0.2, 0) is 4.57 Å². The molecule has 0 spiro atoms. The highest BCUT2D eigenvalue weighted by Crippen LogP contribution is 2.52. The van der Waals surface area contributed by atoms with Crippen LogP contribution >= 0.6 is 15.4 Å². The topological polar surface area (TPSA) is 57.5 Å². The Morgan fingerprint density at radius 1 is 0.219 bits per heavy atom. The van der Waals surface area contributed by atoms with Gasteiger partial charge in [0.05, 0.1) is 63.2 Å². The Balaban J connectivity index is 0.000000107. The largest absolute Gasteiger partial charge is 0.355 e. The lowest BCUT2D eigenvalue weighted by molar-refractivity contribution is 0.583. The molecule has 0 bridgehead atoms. The van der Waals surface area contributed by atoms with Crippen LogP contribution in [0.5, 0.6) is 0 Å².